The molecule has 1 saturated heterocycles. The summed E-state index contributed by atoms with van der Waals surface area (Å²) in [7, 11) is -1.77. The number of amides is 2. The quantitative estimate of drug-likeness (QED) is 0.684. The lowest BCUT2D eigenvalue weighted by atomic mass is 9.98. The van der Waals surface area contributed by atoms with Gasteiger partial charge in [0.1, 0.15) is 4.21 Å². The Balaban J connectivity index is 1.56. The second kappa shape index (κ2) is 9.93. The van der Waals surface area contributed by atoms with Crippen LogP contribution in [0.4, 0.5) is 0 Å². The Morgan fingerprint density at radius 1 is 1.23 bits per heavy atom. The average molecular weight is 464 g/mol. The Morgan fingerprint density at radius 2 is 1.94 bits per heavy atom. The topological polar surface area (TPSA) is 86.8 Å². The Hall–Kier alpha value is -2.23. The SMILES string of the molecule is CC(C)N(C)C(=O)c1ccc(CNC(=O)C2CCCN(S(=O)(=O)c3cccs3)C2)cc1. The molecule has 1 aromatic heterocycles. The molecule has 0 spiro atoms. The number of thiophene rings is 1. The standard InChI is InChI=1S/C22H29N3O4S2/c1-16(2)24(3)22(27)18-10-8-17(9-11-18)14-23-21(26)19-6-4-12-25(15-19)31(28,29)20-7-5-13-30-20/h5,7-11,13,16,19H,4,6,12,14-15H2,1-3H3,(H,23,26). The molecule has 0 radical (unpaired) electrons. The molecule has 2 heterocycles. The maximum absolute atomic E-state index is 12.7. The van der Waals surface area contributed by atoms with Crippen molar-refractivity contribution in [2.75, 3.05) is 20.1 Å². The molecule has 1 atom stereocenters. The summed E-state index contributed by atoms with van der Waals surface area (Å²) in [4.78, 5) is 26.7. The van der Waals surface area contributed by atoms with Crippen molar-refractivity contribution in [1.29, 1.82) is 0 Å². The average Bonchev–Trinajstić information content (AvgIpc) is 3.33. The van der Waals surface area contributed by atoms with Crippen LogP contribution in [0.2, 0.25) is 0 Å². The molecule has 1 aliphatic rings. The van der Waals surface area contributed by atoms with Gasteiger partial charge in [0.05, 0.1) is 5.92 Å². The van der Waals surface area contributed by atoms with Crippen molar-refractivity contribution < 1.29 is 18.0 Å². The van der Waals surface area contributed by atoms with Gasteiger partial charge >= 0.3 is 0 Å². The van der Waals surface area contributed by atoms with Crippen molar-refractivity contribution in [2.24, 2.45) is 5.92 Å². The van der Waals surface area contributed by atoms with Gasteiger partial charge in [0.25, 0.3) is 15.9 Å². The molecule has 9 heteroatoms. The number of hydrogen-bond donors (Lipinski definition) is 1. The van der Waals surface area contributed by atoms with Crippen molar-refractivity contribution in [1.82, 2.24) is 14.5 Å². The first kappa shape index (κ1) is 23.4. The van der Waals surface area contributed by atoms with Gasteiger partial charge in [0.15, 0.2) is 0 Å². The number of carbonyl (C=O) groups excluding carboxylic acids is 2. The van der Waals surface area contributed by atoms with Gasteiger partial charge < -0.3 is 10.2 Å². The highest BCUT2D eigenvalue weighted by molar-refractivity contribution is 7.91. The summed E-state index contributed by atoms with van der Waals surface area (Å²) in [5.41, 5.74) is 1.49. The highest BCUT2D eigenvalue weighted by atomic mass is 32.2. The van der Waals surface area contributed by atoms with Crippen LogP contribution in [0.25, 0.3) is 0 Å². The second-order valence-corrected chi connectivity index (χ2v) is 11.2. The van der Waals surface area contributed by atoms with Crippen molar-refractivity contribution in [3.05, 3.63) is 52.9 Å². The van der Waals surface area contributed by atoms with E-state index in [0.29, 0.717) is 35.7 Å². The molecule has 1 N–H and O–H groups in total. The summed E-state index contributed by atoms with van der Waals surface area (Å²) < 4.78 is 27.2. The Kier molecular flexibility index (Phi) is 7.51. The maximum Gasteiger partial charge on any atom is 0.253 e. The van der Waals surface area contributed by atoms with Gasteiger partial charge in [0.2, 0.25) is 5.91 Å². The van der Waals surface area contributed by atoms with E-state index in [9.17, 15) is 18.0 Å². The Bertz CT molecular complexity index is 1000. The van der Waals surface area contributed by atoms with Crippen LogP contribution in [0.15, 0.2) is 46.0 Å². The fourth-order valence-electron chi connectivity index (χ4n) is 3.45. The molecule has 168 valence electrons. The number of nitrogens with one attached hydrogen (secondary N) is 1. The van der Waals surface area contributed by atoms with E-state index in [-0.39, 0.29) is 30.3 Å². The number of nitrogens with zero attached hydrogens (tertiary/aromatic N) is 2. The van der Waals surface area contributed by atoms with Crippen LogP contribution in [0.3, 0.4) is 0 Å². The molecule has 2 aromatic rings. The highest BCUT2D eigenvalue weighted by Gasteiger charge is 2.33. The fraction of sp³-hybridized carbons (Fsp3) is 0.455. The molecule has 1 aliphatic heterocycles. The minimum absolute atomic E-state index is 0.0418. The summed E-state index contributed by atoms with van der Waals surface area (Å²) in [6.45, 7) is 4.88. The van der Waals surface area contributed by atoms with Crippen LogP contribution in [0.5, 0.6) is 0 Å². The minimum Gasteiger partial charge on any atom is -0.352 e. The van der Waals surface area contributed by atoms with Gasteiger partial charge in [-0.2, -0.15) is 4.31 Å². The maximum atomic E-state index is 12.7. The van der Waals surface area contributed by atoms with Crippen molar-refractivity contribution in [2.45, 2.75) is 43.5 Å². The third-order valence-corrected chi connectivity index (χ3v) is 8.84. The summed E-state index contributed by atoms with van der Waals surface area (Å²) in [6, 6.07) is 10.6. The zero-order chi connectivity index (χ0) is 22.6. The highest BCUT2D eigenvalue weighted by Crippen LogP contribution is 2.26. The Morgan fingerprint density at radius 3 is 2.55 bits per heavy atom. The van der Waals surface area contributed by atoms with Gasteiger partial charge in [-0.1, -0.05) is 18.2 Å². The van der Waals surface area contributed by atoms with Crippen LogP contribution >= 0.6 is 11.3 Å². The molecule has 1 unspecified atom stereocenters. The predicted octanol–water partition coefficient (Wildman–Crippen LogP) is 2.95. The largest absolute Gasteiger partial charge is 0.352 e. The van der Waals surface area contributed by atoms with Gasteiger partial charge in [-0.25, -0.2) is 8.42 Å². The van der Waals surface area contributed by atoms with E-state index in [1.54, 1.807) is 41.6 Å². The minimum atomic E-state index is -3.54. The summed E-state index contributed by atoms with van der Waals surface area (Å²) >= 11 is 1.19. The van der Waals surface area contributed by atoms with Crippen molar-refractivity contribution in [3.63, 3.8) is 0 Å². The van der Waals surface area contributed by atoms with E-state index in [0.717, 1.165) is 5.56 Å². The smallest absolute Gasteiger partial charge is 0.253 e. The van der Waals surface area contributed by atoms with Gasteiger partial charge in [-0.15, -0.1) is 11.3 Å². The lowest BCUT2D eigenvalue weighted by molar-refractivity contribution is -0.126. The summed E-state index contributed by atoms with van der Waals surface area (Å²) in [5, 5.41) is 4.65. The normalized spacial score (nSPS) is 17.5. The molecule has 1 fully saturated rings. The van der Waals surface area contributed by atoms with Crippen LogP contribution in [-0.4, -0.2) is 55.6 Å². The van der Waals surface area contributed by atoms with Crippen LogP contribution in [0.1, 0.15) is 42.6 Å². The molecule has 0 saturated carbocycles. The van der Waals surface area contributed by atoms with E-state index in [1.807, 2.05) is 26.0 Å². The van der Waals surface area contributed by atoms with Crippen molar-refractivity contribution >= 4 is 33.2 Å². The van der Waals surface area contributed by atoms with Gasteiger partial charge in [-0.05, 0) is 55.8 Å². The first-order valence-electron chi connectivity index (χ1n) is 10.4. The third-order valence-electron chi connectivity index (χ3n) is 5.61. The van der Waals surface area contributed by atoms with E-state index >= 15 is 0 Å². The molecule has 0 bridgehead atoms. The number of benzene rings is 1. The van der Waals surface area contributed by atoms with Crippen LogP contribution in [0, 0.1) is 5.92 Å². The second-order valence-electron chi connectivity index (χ2n) is 8.06. The van der Waals surface area contributed by atoms with Crippen LogP contribution in [-0.2, 0) is 21.4 Å². The lowest BCUT2D eigenvalue weighted by Crippen LogP contribution is -2.45. The molecule has 7 nitrogen and oxygen atoms in total. The predicted molar refractivity (Wildman–Crippen MR) is 121 cm³/mol. The summed E-state index contributed by atoms with van der Waals surface area (Å²) in [5.74, 6) is -0.561. The summed E-state index contributed by atoms with van der Waals surface area (Å²) in [6.07, 6.45) is 1.32. The zero-order valence-corrected chi connectivity index (χ0v) is 19.7. The number of hydrogen-bond acceptors (Lipinski definition) is 5. The van der Waals surface area contributed by atoms with Gasteiger partial charge in [-0.3, -0.25) is 9.59 Å². The Labute approximate surface area is 188 Å². The first-order chi connectivity index (χ1) is 14.7. The van der Waals surface area contributed by atoms with E-state index < -0.39 is 10.0 Å². The number of sulfonamides is 1. The monoisotopic (exact) mass is 463 g/mol. The fourth-order valence-corrected chi connectivity index (χ4v) is 6.12. The number of carbonyl (C=O) groups is 2. The number of piperidine rings is 1. The molecular weight excluding hydrogens is 434 g/mol. The van der Waals surface area contributed by atoms with Gasteiger partial charge in [0, 0.05) is 38.3 Å². The van der Waals surface area contributed by atoms with E-state index in [4.69, 9.17) is 0 Å². The first-order valence-corrected chi connectivity index (χ1v) is 12.7. The lowest BCUT2D eigenvalue weighted by Gasteiger charge is -2.30. The molecule has 2 amide bonds. The third kappa shape index (κ3) is 5.53. The van der Waals surface area contributed by atoms with E-state index in [1.165, 1.54) is 15.6 Å². The molecule has 3 rings (SSSR count). The number of rotatable bonds is 7. The van der Waals surface area contributed by atoms with Crippen LogP contribution < -0.4 is 5.32 Å². The molecular formula is C22H29N3O4S2. The van der Waals surface area contributed by atoms with E-state index in [2.05, 4.69) is 5.32 Å². The molecule has 0 aliphatic carbocycles. The van der Waals surface area contributed by atoms with Crippen molar-refractivity contribution in [3.8, 4) is 0 Å². The molecule has 31 heavy (non-hydrogen) atoms. The zero-order valence-electron chi connectivity index (χ0n) is 18.1. The molecule has 1 aromatic carbocycles.